The predicted molar refractivity (Wildman–Crippen MR) is 74.2 cm³/mol. The first kappa shape index (κ1) is 11.9. The number of nitro benzene ring substituents is 1. The Morgan fingerprint density at radius 1 is 1.37 bits per heavy atom. The number of aromatic nitrogens is 1. The quantitative estimate of drug-likeness (QED) is 0.673. The molecule has 0 atom stereocenters. The van der Waals surface area contributed by atoms with Crippen LogP contribution in [0.25, 0.3) is 10.9 Å². The Morgan fingerprint density at radius 3 is 2.89 bits per heavy atom. The molecule has 0 aliphatic heterocycles. The molecule has 1 fully saturated rings. The van der Waals surface area contributed by atoms with Crippen molar-refractivity contribution in [2.45, 2.75) is 19.3 Å². The Labute approximate surface area is 110 Å². The fourth-order valence-electron chi connectivity index (χ4n) is 2.43. The molecule has 1 aromatic heterocycles. The molecule has 1 aliphatic carbocycles. The first-order valence-electron chi connectivity index (χ1n) is 6.51. The zero-order chi connectivity index (χ0) is 13.2. The van der Waals surface area contributed by atoms with Crippen LogP contribution in [0.15, 0.2) is 30.5 Å². The Kier molecular flexibility index (Phi) is 3.03. The molecular formula is C14H15N3O2. The minimum absolute atomic E-state index is 0.130. The van der Waals surface area contributed by atoms with Crippen LogP contribution in [-0.2, 0) is 0 Å². The maximum absolute atomic E-state index is 11.3. The highest BCUT2D eigenvalue weighted by atomic mass is 16.6. The summed E-state index contributed by atoms with van der Waals surface area (Å²) in [5.41, 5.74) is 1.38. The maximum atomic E-state index is 11.3. The largest absolute Gasteiger partial charge is 0.379 e. The number of nitrogens with one attached hydrogen (secondary N) is 1. The second kappa shape index (κ2) is 4.84. The van der Waals surface area contributed by atoms with Crippen molar-refractivity contribution in [2.24, 2.45) is 5.92 Å². The van der Waals surface area contributed by atoms with Gasteiger partial charge in [-0.05, 0) is 43.0 Å². The van der Waals surface area contributed by atoms with E-state index in [0.29, 0.717) is 22.5 Å². The molecule has 0 bridgehead atoms. The Bertz CT molecular complexity index is 623. The zero-order valence-electron chi connectivity index (χ0n) is 10.5. The number of hydrogen-bond donors (Lipinski definition) is 1. The molecule has 1 heterocycles. The molecule has 19 heavy (non-hydrogen) atoms. The molecule has 1 saturated carbocycles. The van der Waals surface area contributed by atoms with Crippen LogP contribution in [0.4, 0.5) is 11.4 Å². The van der Waals surface area contributed by atoms with Crippen LogP contribution in [0.3, 0.4) is 0 Å². The highest BCUT2D eigenvalue weighted by Crippen LogP contribution is 2.33. The lowest BCUT2D eigenvalue weighted by atomic mass is 9.85. The van der Waals surface area contributed by atoms with E-state index in [1.165, 1.54) is 19.3 Å². The summed E-state index contributed by atoms with van der Waals surface area (Å²) in [6, 6.07) is 7.05. The number of rotatable bonds is 4. The van der Waals surface area contributed by atoms with Crippen molar-refractivity contribution in [3.8, 4) is 0 Å². The van der Waals surface area contributed by atoms with Gasteiger partial charge in [-0.3, -0.25) is 15.1 Å². The molecule has 0 radical (unpaired) electrons. The first-order valence-corrected chi connectivity index (χ1v) is 6.51. The number of nitrogens with zero attached hydrogens (tertiary/aromatic N) is 2. The lowest BCUT2D eigenvalue weighted by molar-refractivity contribution is -0.382. The molecule has 1 aromatic carbocycles. The van der Waals surface area contributed by atoms with Gasteiger partial charge in [0.1, 0.15) is 5.69 Å². The van der Waals surface area contributed by atoms with E-state index in [0.717, 1.165) is 6.54 Å². The molecule has 5 heteroatoms. The summed E-state index contributed by atoms with van der Waals surface area (Å²) in [4.78, 5) is 15.1. The van der Waals surface area contributed by atoms with Gasteiger partial charge in [0.15, 0.2) is 0 Å². The third-order valence-corrected chi connectivity index (χ3v) is 3.75. The summed E-state index contributed by atoms with van der Waals surface area (Å²) in [7, 11) is 0. The fraction of sp³-hybridized carbons (Fsp3) is 0.357. The summed E-state index contributed by atoms with van der Waals surface area (Å²) in [6.45, 7) is 0.812. The van der Waals surface area contributed by atoms with Crippen LogP contribution in [0.5, 0.6) is 0 Å². The molecule has 5 nitrogen and oxygen atoms in total. The number of pyridine rings is 1. The van der Waals surface area contributed by atoms with Gasteiger partial charge in [-0.25, -0.2) is 0 Å². The van der Waals surface area contributed by atoms with Gasteiger partial charge in [0.2, 0.25) is 0 Å². The van der Waals surface area contributed by atoms with E-state index in [4.69, 9.17) is 0 Å². The van der Waals surface area contributed by atoms with Crippen molar-refractivity contribution in [2.75, 3.05) is 11.9 Å². The molecular weight excluding hydrogens is 242 g/mol. The average molecular weight is 257 g/mol. The van der Waals surface area contributed by atoms with Crippen LogP contribution < -0.4 is 5.32 Å². The fourth-order valence-corrected chi connectivity index (χ4v) is 2.43. The van der Waals surface area contributed by atoms with E-state index in [-0.39, 0.29) is 10.6 Å². The Balaban J connectivity index is 1.97. The van der Waals surface area contributed by atoms with Crippen LogP contribution in [-0.4, -0.2) is 16.5 Å². The summed E-state index contributed by atoms with van der Waals surface area (Å²) in [5.74, 6) is 0.657. The Hall–Kier alpha value is -2.17. The normalized spacial score (nSPS) is 15.2. The number of fused-ring (bicyclic) bond motifs is 1. The van der Waals surface area contributed by atoms with Crippen molar-refractivity contribution >= 4 is 22.3 Å². The molecule has 3 rings (SSSR count). The highest BCUT2D eigenvalue weighted by Gasteiger charge is 2.21. The number of hydrogen-bond acceptors (Lipinski definition) is 4. The van der Waals surface area contributed by atoms with Crippen molar-refractivity contribution < 1.29 is 4.92 Å². The van der Waals surface area contributed by atoms with E-state index in [9.17, 15) is 10.1 Å². The van der Waals surface area contributed by atoms with Gasteiger partial charge in [0.25, 0.3) is 0 Å². The zero-order valence-corrected chi connectivity index (χ0v) is 10.5. The molecule has 0 amide bonds. The summed E-state index contributed by atoms with van der Waals surface area (Å²) >= 11 is 0. The predicted octanol–water partition coefficient (Wildman–Crippen LogP) is 3.36. The van der Waals surface area contributed by atoms with Crippen molar-refractivity contribution in [1.82, 2.24) is 4.98 Å². The van der Waals surface area contributed by atoms with Gasteiger partial charge < -0.3 is 5.32 Å². The summed E-state index contributed by atoms with van der Waals surface area (Å²) < 4.78 is 0. The van der Waals surface area contributed by atoms with Crippen LogP contribution in [0.2, 0.25) is 0 Å². The molecule has 2 aromatic rings. The minimum Gasteiger partial charge on any atom is -0.379 e. The van der Waals surface area contributed by atoms with Gasteiger partial charge >= 0.3 is 5.69 Å². The van der Waals surface area contributed by atoms with Crippen LogP contribution in [0, 0.1) is 16.0 Å². The molecule has 98 valence electrons. The standard InChI is InChI=1S/C14H15N3O2/c18-17(19)14-11-5-2-8-15-12(11)6-7-13(14)16-9-10-3-1-4-10/h2,5-8,10,16H,1,3-4,9H2. The smallest absolute Gasteiger partial charge is 0.301 e. The van der Waals surface area contributed by atoms with Crippen LogP contribution in [0.1, 0.15) is 19.3 Å². The van der Waals surface area contributed by atoms with Gasteiger partial charge in [-0.1, -0.05) is 6.42 Å². The van der Waals surface area contributed by atoms with E-state index in [1.54, 1.807) is 24.4 Å². The highest BCUT2D eigenvalue weighted by molar-refractivity contribution is 5.94. The SMILES string of the molecule is O=[N+]([O-])c1c(NCC2CCC2)ccc2ncccc12. The topological polar surface area (TPSA) is 68.1 Å². The van der Waals surface area contributed by atoms with E-state index in [2.05, 4.69) is 10.3 Å². The maximum Gasteiger partial charge on any atom is 0.301 e. The number of benzene rings is 1. The lowest BCUT2D eigenvalue weighted by Crippen LogP contribution is -2.21. The Morgan fingerprint density at radius 2 is 2.21 bits per heavy atom. The van der Waals surface area contributed by atoms with E-state index in [1.807, 2.05) is 6.07 Å². The summed E-state index contributed by atoms with van der Waals surface area (Å²) in [5, 5.41) is 15.1. The van der Waals surface area contributed by atoms with Gasteiger partial charge in [0.05, 0.1) is 15.8 Å². The second-order valence-corrected chi connectivity index (χ2v) is 4.97. The lowest BCUT2D eigenvalue weighted by Gasteiger charge is -2.25. The molecule has 1 N–H and O–H groups in total. The third kappa shape index (κ3) is 2.23. The molecule has 0 spiro atoms. The van der Waals surface area contributed by atoms with Gasteiger partial charge in [-0.2, -0.15) is 0 Å². The van der Waals surface area contributed by atoms with Gasteiger partial charge in [0, 0.05) is 12.7 Å². The number of nitro groups is 1. The number of anilines is 1. The van der Waals surface area contributed by atoms with Crippen molar-refractivity contribution in [3.05, 3.63) is 40.6 Å². The van der Waals surface area contributed by atoms with Crippen LogP contribution >= 0.6 is 0 Å². The minimum atomic E-state index is -0.326. The van der Waals surface area contributed by atoms with E-state index >= 15 is 0 Å². The average Bonchev–Trinajstić information content (AvgIpc) is 2.36. The third-order valence-electron chi connectivity index (χ3n) is 3.75. The van der Waals surface area contributed by atoms with Crippen molar-refractivity contribution in [1.29, 1.82) is 0 Å². The molecule has 0 unspecified atom stereocenters. The van der Waals surface area contributed by atoms with Gasteiger partial charge in [-0.15, -0.1) is 0 Å². The molecule has 0 saturated heterocycles. The van der Waals surface area contributed by atoms with E-state index < -0.39 is 0 Å². The first-order chi connectivity index (χ1) is 9.25. The summed E-state index contributed by atoms with van der Waals surface area (Å²) in [6.07, 6.45) is 5.36. The monoisotopic (exact) mass is 257 g/mol. The molecule has 1 aliphatic rings. The van der Waals surface area contributed by atoms with Crippen molar-refractivity contribution in [3.63, 3.8) is 0 Å². The second-order valence-electron chi connectivity index (χ2n) is 4.97.